The Bertz CT molecular complexity index is 643. The summed E-state index contributed by atoms with van der Waals surface area (Å²) < 4.78 is 6.22. The fourth-order valence-corrected chi connectivity index (χ4v) is 2.03. The zero-order valence-corrected chi connectivity index (χ0v) is 15.6. The van der Waals surface area contributed by atoms with Crippen LogP contribution in [0.5, 0.6) is 0 Å². The molecule has 2 heterocycles. The average molecular weight is 432 g/mol. The molecule has 0 atom stereocenters. The molecule has 0 aromatic carbocycles. The monoisotopic (exact) mass is 430 g/mol. The van der Waals surface area contributed by atoms with E-state index in [1.54, 1.807) is 38.2 Å². The van der Waals surface area contributed by atoms with Gasteiger partial charge in [0.25, 0.3) is 0 Å². The van der Waals surface area contributed by atoms with Crippen molar-refractivity contribution in [2.75, 3.05) is 7.11 Å². The van der Waals surface area contributed by atoms with Gasteiger partial charge in [0.05, 0.1) is 12.8 Å². The Balaban J connectivity index is 0.000000220. The minimum atomic E-state index is -0.857. The molecule has 2 rings (SSSR count). The molecule has 0 spiro atoms. The molecule has 0 aliphatic heterocycles. The van der Waals surface area contributed by atoms with Gasteiger partial charge in [-0.25, -0.2) is 9.78 Å². The molecule has 7 heteroatoms. The van der Waals surface area contributed by atoms with E-state index >= 15 is 0 Å². The lowest BCUT2D eigenvalue weighted by molar-refractivity contribution is 0.0593. The van der Waals surface area contributed by atoms with E-state index in [0.717, 1.165) is 8.95 Å². The summed E-state index contributed by atoms with van der Waals surface area (Å²) in [5, 5.41) is 9.53. The summed E-state index contributed by atoms with van der Waals surface area (Å²) >= 11 is 6.52. The second kappa shape index (κ2) is 8.36. The topological polar surface area (TPSA) is 72.3 Å². The van der Waals surface area contributed by atoms with Crippen LogP contribution in [-0.2, 0) is 10.3 Å². The summed E-state index contributed by atoms with van der Waals surface area (Å²) in [7, 11) is 1.32. The van der Waals surface area contributed by atoms with Crippen LogP contribution in [0.2, 0.25) is 0 Å². The summed E-state index contributed by atoms with van der Waals surface area (Å²) in [4.78, 5) is 18.7. The van der Waals surface area contributed by atoms with Gasteiger partial charge in [-0.3, -0.25) is 4.98 Å². The van der Waals surface area contributed by atoms with Crippen molar-refractivity contribution in [2.45, 2.75) is 19.4 Å². The Labute approximate surface area is 146 Å². The predicted molar refractivity (Wildman–Crippen MR) is 90.5 cm³/mol. The number of carbonyl (C=O) groups is 1. The van der Waals surface area contributed by atoms with E-state index in [1.165, 1.54) is 13.3 Å². The number of carbonyl (C=O) groups excluding carboxylic acids is 1. The molecule has 0 saturated carbocycles. The lowest BCUT2D eigenvalue weighted by atomic mass is 10.1. The first-order valence-electron chi connectivity index (χ1n) is 6.28. The number of methoxy groups -OCH3 is 1. The van der Waals surface area contributed by atoms with Crippen LogP contribution in [0.15, 0.2) is 45.6 Å². The number of ether oxygens (including phenoxy) is 1. The number of aliphatic hydroxyl groups is 1. The van der Waals surface area contributed by atoms with E-state index in [-0.39, 0.29) is 0 Å². The van der Waals surface area contributed by atoms with Gasteiger partial charge < -0.3 is 9.84 Å². The van der Waals surface area contributed by atoms with Crippen LogP contribution < -0.4 is 0 Å². The van der Waals surface area contributed by atoms with Gasteiger partial charge >= 0.3 is 5.97 Å². The smallest absolute Gasteiger partial charge is 0.356 e. The van der Waals surface area contributed by atoms with Crippen molar-refractivity contribution in [2.24, 2.45) is 0 Å². The largest absolute Gasteiger partial charge is 0.464 e. The number of rotatable bonds is 2. The summed E-state index contributed by atoms with van der Waals surface area (Å²) in [6.45, 7) is 3.42. The van der Waals surface area contributed by atoms with E-state index in [0.29, 0.717) is 11.4 Å². The first-order chi connectivity index (χ1) is 10.2. The molecular weight excluding hydrogens is 416 g/mol. The first kappa shape index (κ1) is 18.7. The molecule has 118 valence electrons. The fraction of sp³-hybridized carbons (Fsp3) is 0.267. The number of hydrogen-bond acceptors (Lipinski definition) is 5. The molecule has 0 bridgehead atoms. The van der Waals surface area contributed by atoms with E-state index in [4.69, 9.17) is 0 Å². The fourth-order valence-electron chi connectivity index (χ4n) is 1.36. The maximum Gasteiger partial charge on any atom is 0.356 e. The maximum absolute atomic E-state index is 10.9. The molecule has 5 nitrogen and oxygen atoms in total. The molecule has 2 aromatic rings. The van der Waals surface area contributed by atoms with Crippen LogP contribution in [0.3, 0.4) is 0 Å². The van der Waals surface area contributed by atoms with Gasteiger partial charge in [-0.15, -0.1) is 0 Å². The lowest BCUT2D eigenvalue weighted by Crippen LogP contribution is -2.17. The Kier molecular flexibility index (Phi) is 7.12. The minimum Gasteiger partial charge on any atom is -0.464 e. The van der Waals surface area contributed by atoms with Gasteiger partial charge in [0.15, 0.2) is 0 Å². The third kappa shape index (κ3) is 6.21. The van der Waals surface area contributed by atoms with E-state index in [9.17, 15) is 9.90 Å². The number of hydrogen-bond donors (Lipinski definition) is 1. The van der Waals surface area contributed by atoms with Crippen molar-refractivity contribution in [3.63, 3.8) is 0 Å². The highest BCUT2D eigenvalue weighted by molar-refractivity contribution is 9.10. The number of esters is 1. The molecular formula is C15H16Br2N2O3. The highest BCUT2D eigenvalue weighted by atomic mass is 79.9. The quantitative estimate of drug-likeness (QED) is 0.734. The van der Waals surface area contributed by atoms with Crippen molar-refractivity contribution < 1.29 is 14.6 Å². The number of pyridine rings is 2. The van der Waals surface area contributed by atoms with Crippen LogP contribution >= 0.6 is 31.9 Å². The molecule has 22 heavy (non-hydrogen) atoms. The van der Waals surface area contributed by atoms with E-state index in [1.807, 2.05) is 6.07 Å². The Morgan fingerprint density at radius 1 is 1.14 bits per heavy atom. The first-order valence-corrected chi connectivity index (χ1v) is 7.87. The molecule has 2 aromatic heterocycles. The Morgan fingerprint density at radius 2 is 1.68 bits per heavy atom. The number of halogens is 2. The number of nitrogens with zero attached hydrogens (tertiary/aromatic N) is 2. The highest BCUT2D eigenvalue weighted by Crippen LogP contribution is 2.19. The van der Waals surface area contributed by atoms with Crippen LogP contribution in [0, 0.1) is 0 Å². The molecule has 0 aliphatic rings. The highest BCUT2D eigenvalue weighted by Gasteiger charge is 2.16. The normalized spacial score (nSPS) is 10.5. The Morgan fingerprint density at radius 3 is 2.09 bits per heavy atom. The SMILES string of the molecule is CC(C)(O)c1cc(Br)ccn1.COC(=O)c1cc(Br)ccn1. The van der Waals surface area contributed by atoms with Gasteiger partial charge in [-0.2, -0.15) is 0 Å². The van der Waals surface area contributed by atoms with Gasteiger partial charge in [0.1, 0.15) is 11.3 Å². The molecule has 0 radical (unpaired) electrons. The third-order valence-corrected chi connectivity index (χ3v) is 3.45. The third-order valence-electron chi connectivity index (χ3n) is 2.47. The van der Waals surface area contributed by atoms with Gasteiger partial charge in [-0.05, 0) is 38.1 Å². The summed E-state index contributed by atoms with van der Waals surface area (Å²) in [5.74, 6) is -0.425. The number of aromatic nitrogens is 2. The van der Waals surface area contributed by atoms with Crippen molar-refractivity contribution in [1.29, 1.82) is 0 Å². The van der Waals surface area contributed by atoms with Crippen molar-refractivity contribution >= 4 is 37.8 Å². The van der Waals surface area contributed by atoms with Crippen molar-refractivity contribution in [3.8, 4) is 0 Å². The summed E-state index contributed by atoms with van der Waals surface area (Å²) in [5.41, 5.74) is 0.123. The van der Waals surface area contributed by atoms with E-state index in [2.05, 4.69) is 46.6 Å². The van der Waals surface area contributed by atoms with E-state index < -0.39 is 11.6 Å². The summed E-state index contributed by atoms with van der Waals surface area (Å²) in [6, 6.07) is 6.98. The lowest BCUT2D eigenvalue weighted by Gasteiger charge is -2.15. The second-order valence-corrected chi connectivity index (χ2v) is 6.60. The molecule has 0 unspecified atom stereocenters. The zero-order chi connectivity index (χ0) is 16.8. The van der Waals surface area contributed by atoms with Crippen molar-refractivity contribution in [1.82, 2.24) is 9.97 Å². The predicted octanol–water partition coefficient (Wildman–Crippen LogP) is 3.70. The van der Waals surface area contributed by atoms with Gasteiger partial charge in [0, 0.05) is 21.3 Å². The Hall–Kier alpha value is -1.31. The van der Waals surface area contributed by atoms with Crippen LogP contribution in [0.25, 0.3) is 0 Å². The van der Waals surface area contributed by atoms with Crippen LogP contribution in [0.1, 0.15) is 30.0 Å². The molecule has 0 aliphatic carbocycles. The van der Waals surface area contributed by atoms with Crippen LogP contribution in [0.4, 0.5) is 0 Å². The molecule has 0 fully saturated rings. The van der Waals surface area contributed by atoms with Gasteiger partial charge in [-0.1, -0.05) is 31.9 Å². The molecule has 0 amide bonds. The standard InChI is InChI=1S/C8H10BrNO.C7H6BrNO2/c1-8(2,11)7-5-6(9)3-4-10-7;1-11-7(10)6-4-5(8)2-3-9-6/h3-5,11H,1-2H3;2-4H,1H3. The average Bonchev–Trinajstić information content (AvgIpc) is 2.46. The molecule has 1 N–H and O–H groups in total. The maximum atomic E-state index is 10.9. The summed E-state index contributed by atoms with van der Waals surface area (Å²) in [6.07, 6.45) is 3.20. The minimum absolute atomic E-state index is 0.307. The van der Waals surface area contributed by atoms with Crippen molar-refractivity contribution in [3.05, 3.63) is 57.0 Å². The van der Waals surface area contributed by atoms with Crippen LogP contribution in [-0.4, -0.2) is 28.2 Å². The van der Waals surface area contributed by atoms with Gasteiger partial charge in [0.2, 0.25) is 0 Å². The second-order valence-electron chi connectivity index (χ2n) is 4.77. The zero-order valence-electron chi connectivity index (χ0n) is 12.4. The molecule has 0 saturated heterocycles.